The molecule has 1 saturated carbocycles. The monoisotopic (exact) mass is 396 g/mol. The lowest BCUT2D eigenvalue weighted by Crippen LogP contribution is -2.16. The topological polar surface area (TPSA) is 80.7 Å². The fraction of sp³-hybridized carbons (Fsp3) is 0.333. The van der Waals surface area contributed by atoms with Crippen LogP contribution in [-0.4, -0.2) is 35.3 Å². The number of pyridine rings is 1. The first-order valence-corrected chi connectivity index (χ1v) is 8.86. The molecular formula is C18H18Cl2N2O4. The summed E-state index contributed by atoms with van der Waals surface area (Å²) in [6.07, 6.45) is 4.35. The first kappa shape index (κ1) is 18.8. The molecule has 0 spiro atoms. The van der Waals surface area contributed by atoms with Gasteiger partial charge in [0.25, 0.3) is 5.91 Å². The fourth-order valence-electron chi connectivity index (χ4n) is 2.83. The standard InChI is InChI=1S/C18H18Cl2N2O4/c1-25-15-5-2-10(6-16(15)26-12-4-3-11(23)7-12)18(24)22-17-13(19)8-21-9-14(17)20/h2,5-6,8-9,11-12,23H,3-4,7H2,1H3,(H,21,22,24)/t11-,12-/m1/s1. The number of nitrogens with zero attached hydrogens (tertiary/aromatic N) is 1. The van der Waals surface area contributed by atoms with Crippen LogP contribution in [0.2, 0.25) is 10.0 Å². The second kappa shape index (κ2) is 8.12. The van der Waals surface area contributed by atoms with Crippen molar-refractivity contribution in [2.45, 2.75) is 31.5 Å². The normalized spacial score (nSPS) is 19.2. The van der Waals surface area contributed by atoms with Gasteiger partial charge in [0.15, 0.2) is 11.5 Å². The van der Waals surface area contributed by atoms with Gasteiger partial charge in [-0.3, -0.25) is 9.78 Å². The molecule has 1 aliphatic rings. The van der Waals surface area contributed by atoms with E-state index in [1.54, 1.807) is 18.2 Å². The molecule has 0 bridgehead atoms. The van der Waals surface area contributed by atoms with Gasteiger partial charge in [0.1, 0.15) is 6.10 Å². The number of carbonyl (C=O) groups excluding carboxylic acids is 1. The predicted molar refractivity (Wildman–Crippen MR) is 99.5 cm³/mol. The van der Waals surface area contributed by atoms with Crippen LogP contribution in [0.15, 0.2) is 30.6 Å². The number of anilines is 1. The van der Waals surface area contributed by atoms with Crippen LogP contribution >= 0.6 is 23.2 Å². The van der Waals surface area contributed by atoms with E-state index in [4.69, 9.17) is 32.7 Å². The molecule has 0 radical (unpaired) electrons. The molecule has 8 heteroatoms. The van der Waals surface area contributed by atoms with Crippen molar-refractivity contribution in [1.29, 1.82) is 0 Å². The minimum atomic E-state index is -0.390. The molecular weight excluding hydrogens is 379 g/mol. The highest BCUT2D eigenvalue weighted by Gasteiger charge is 2.25. The predicted octanol–water partition coefficient (Wildman–Crippen LogP) is 3.94. The Balaban J connectivity index is 1.81. The van der Waals surface area contributed by atoms with Gasteiger partial charge in [-0.2, -0.15) is 0 Å². The van der Waals surface area contributed by atoms with Crippen LogP contribution in [-0.2, 0) is 0 Å². The van der Waals surface area contributed by atoms with Crippen LogP contribution in [0.25, 0.3) is 0 Å². The second-order valence-corrected chi connectivity index (χ2v) is 6.82. The number of rotatable bonds is 5. The second-order valence-electron chi connectivity index (χ2n) is 6.00. The number of benzene rings is 1. The minimum Gasteiger partial charge on any atom is -0.493 e. The van der Waals surface area contributed by atoms with Crippen molar-refractivity contribution < 1.29 is 19.4 Å². The van der Waals surface area contributed by atoms with Crippen molar-refractivity contribution in [1.82, 2.24) is 4.98 Å². The molecule has 2 aromatic rings. The van der Waals surface area contributed by atoms with E-state index in [9.17, 15) is 9.90 Å². The zero-order valence-corrected chi connectivity index (χ0v) is 15.5. The van der Waals surface area contributed by atoms with E-state index < -0.39 is 0 Å². The molecule has 1 aromatic heterocycles. The van der Waals surface area contributed by atoms with Gasteiger partial charge >= 0.3 is 0 Å². The summed E-state index contributed by atoms with van der Waals surface area (Å²) >= 11 is 12.1. The first-order chi connectivity index (χ1) is 12.5. The van der Waals surface area contributed by atoms with E-state index in [0.29, 0.717) is 35.6 Å². The highest BCUT2D eigenvalue weighted by atomic mass is 35.5. The number of amides is 1. The number of hydrogen-bond acceptors (Lipinski definition) is 5. The molecule has 0 unspecified atom stereocenters. The van der Waals surface area contributed by atoms with E-state index >= 15 is 0 Å². The van der Waals surface area contributed by atoms with Crippen molar-refractivity contribution in [3.05, 3.63) is 46.2 Å². The number of aliphatic hydroxyl groups excluding tert-OH is 1. The lowest BCUT2D eigenvalue weighted by molar-refractivity contribution is 0.102. The van der Waals surface area contributed by atoms with Crippen molar-refractivity contribution in [2.75, 3.05) is 12.4 Å². The van der Waals surface area contributed by atoms with Gasteiger partial charge in [0.05, 0.1) is 28.9 Å². The summed E-state index contributed by atoms with van der Waals surface area (Å²) in [5.74, 6) is 0.577. The molecule has 1 amide bonds. The quantitative estimate of drug-likeness (QED) is 0.799. The zero-order chi connectivity index (χ0) is 18.7. The van der Waals surface area contributed by atoms with Gasteiger partial charge < -0.3 is 19.9 Å². The Morgan fingerprint density at radius 1 is 1.23 bits per heavy atom. The maximum absolute atomic E-state index is 12.6. The summed E-state index contributed by atoms with van der Waals surface area (Å²) < 4.78 is 11.2. The Kier molecular flexibility index (Phi) is 5.86. The SMILES string of the molecule is COc1ccc(C(=O)Nc2c(Cl)cncc2Cl)cc1O[C@@H]1CC[C@@H](O)C1. The number of carbonyl (C=O) groups is 1. The molecule has 1 heterocycles. The van der Waals surface area contributed by atoms with Crippen LogP contribution in [0.1, 0.15) is 29.6 Å². The summed E-state index contributed by atoms with van der Waals surface area (Å²) in [5.41, 5.74) is 0.661. The van der Waals surface area contributed by atoms with Crippen LogP contribution in [0.3, 0.4) is 0 Å². The average molecular weight is 397 g/mol. The molecule has 2 atom stereocenters. The Hall–Kier alpha value is -2.02. The van der Waals surface area contributed by atoms with Crippen molar-refractivity contribution >= 4 is 34.8 Å². The Labute approximate surface area is 161 Å². The number of aliphatic hydroxyl groups is 1. The van der Waals surface area contributed by atoms with Crippen molar-refractivity contribution in [3.63, 3.8) is 0 Å². The summed E-state index contributed by atoms with van der Waals surface area (Å²) in [4.78, 5) is 16.4. The molecule has 3 rings (SSSR count). The summed E-state index contributed by atoms with van der Waals surface area (Å²) in [5, 5.41) is 12.8. The fourth-order valence-corrected chi connectivity index (χ4v) is 3.29. The highest BCUT2D eigenvalue weighted by molar-refractivity contribution is 6.39. The summed E-state index contributed by atoms with van der Waals surface area (Å²) in [6, 6.07) is 4.88. The highest BCUT2D eigenvalue weighted by Crippen LogP contribution is 2.34. The number of ether oxygens (including phenoxy) is 2. The summed E-state index contributed by atoms with van der Waals surface area (Å²) in [7, 11) is 1.53. The maximum atomic E-state index is 12.6. The Morgan fingerprint density at radius 2 is 1.96 bits per heavy atom. The number of methoxy groups -OCH3 is 1. The van der Waals surface area contributed by atoms with Crippen LogP contribution in [0.5, 0.6) is 11.5 Å². The molecule has 26 heavy (non-hydrogen) atoms. The number of aromatic nitrogens is 1. The minimum absolute atomic E-state index is 0.110. The van der Waals surface area contributed by atoms with E-state index in [1.165, 1.54) is 19.5 Å². The zero-order valence-electron chi connectivity index (χ0n) is 14.0. The molecule has 2 N–H and O–H groups in total. The number of nitrogens with one attached hydrogen (secondary N) is 1. The van der Waals surface area contributed by atoms with Crippen molar-refractivity contribution in [2.24, 2.45) is 0 Å². The molecule has 0 aliphatic heterocycles. The van der Waals surface area contributed by atoms with Gasteiger partial charge in [-0.15, -0.1) is 0 Å². The third-order valence-corrected chi connectivity index (χ3v) is 4.74. The van der Waals surface area contributed by atoms with Crippen LogP contribution < -0.4 is 14.8 Å². The first-order valence-electron chi connectivity index (χ1n) is 8.11. The van der Waals surface area contributed by atoms with E-state index in [-0.39, 0.29) is 28.2 Å². The van der Waals surface area contributed by atoms with Gasteiger partial charge in [-0.05, 0) is 31.0 Å². The lowest BCUT2D eigenvalue weighted by Gasteiger charge is -2.17. The van der Waals surface area contributed by atoms with E-state index in [2.05, 4.69) is 10.3 Å². The van der Waals surface area contributed by atoms with Gasteiger partial charge in [0, 0.05) is 24.4 Å². The van der Waals surface area contributed by atoms with Crippen molar-refractivity contribution in [3.8, 4) is 11.5 Å². The molecule has 1 aliphatic carbocycles. The van der Waals surface area contributed by atoms with Crippen LogP contribution in [0, 0.1) is 0 Å². The molecule has 1 aromatic carbocycles. The largest absolute Gasteiger partial charge is 0.493 e. The number of halogens is 2. The number of hydrogen-bond donors (Lipinski definition) is 2. The van der Waals surface area contributed by atoms with Gasteiger partial charge in [-0.25, -0.2) is 0 Å². The Bertz CT molecular complexity index is 796. The molecule has 0 saturated heterocycles. The molecule has 1 fully saturated rings. The third kappa shape index (κ3) is 4.20. The van der Waals surface area contributed by atoms with Crippen LogP contribution in [0.4, 0.5) is 5.69 Å². The van der Waals surface area contributed by atoms with E-state index in [0.717, 1.165) is 6.42 Å². The van der Waals surface area contributed by atoms with Gasteiger partial charge in [0.2, 0.25) is 0 Å². The van der Waals surface area contributed by atoms with Gasteiger partial charge in [-0.1, -0.05) is 23.2 Å². The third-order valence-electron chi connectivity index (χ3n) is 4.17. The summed E-state index contributed by atoms with van der Waals surface area (Å²) in [6.45, 7) is 0. The van der Waals surface area contributed by atoms with E-state index in [1.807, 2.05) is 0 Å². The average Bonchev–Trinajstić information content (AvgIpc) is 3.03. The lowest BCUT2D eigenvalue weighted by atomic mass is 10.1. The Morgan fingerprint density at radius 3 is 2.58 bits per heavy atom. The smallest absolute Gasteiger partial charge is 0.255 e. The maximum Gasteiger partial charge on any atom is 0.255 e. The molecule has 6 nitrogen and oxygen atoms in total. The molecule has 138 valence electrons.